The maximum Gasteiger partial charge on any atom is 0.167 e. The lowest BCUT2D eigenvalue weighted by atomic mass is 9.97. The quantitative estimate of drug-likeness (QED) is 0.685. The molecule has 0 atom stereocenters. The average Bonchev–Trinajstić information content (AvgIpc) is 2.53. The fourth-order valence-corrected chi connectivity index (χ4v) is 3.06. The van der Waals surface area contributed by atoms with Crippen molar-refractivity contribution in [3.63, 3.8) is 0 Å². The Morgan fingerprint density at radius 3 is 2.43 bits per heavy atom. The number of benzene rings is 1. The summed E-state index contributed by atoms with van der Waals surface area (Å²) in [6, 6.07) is 6.06. The number of carbonyl (C=O) groups excluding carboxylic acids is 1. The van der Waals surface area contributed by atoms with Crippen molar-refractivity contribution in [2.45, 2.75) is 65.4 Å². The molecule has 1 fully saturated rings. The molecule has 2 rings (SSSR count). The van der Waals surface area contributed by atoms with Gasteiger partial charge in [-0.3, -0.25) is 4.79 Å². The van der Waals surface area contributed by atoms with Crippen LogP contribution < -0.4 is 4.74 Å². The van der Waals surface area contributed by atoms with Crippen molar-refractivity contribution in [1.29, 1.82) is 0 Å². The number of Topliss-reactive ketones (excluding diaryl/α,β-unsaturated/α-hetero) is 1. The van der Waals surface area contributed by atoms with E-state index in [2.05, 4.69) is 24.8 Å². The van der Waals surface area contributed by atoms with E-state index in [1.165, 1.54) is 24.8 Å². The lowest BCUT2D eigenvalue weighted by Crippen LogP contribution is -2.31. The van der Waals surface area contributed by atoms with Crippen molar-refractivity contribution in [1.82, 2.24) is 4.90 Å². The lowest BCUT2D eigenvalue weighted by molar-refractivity contribution is 0.0953. The fraction of sp³-hybridized carbons (Fsp3) is 0.650. The van der Waals surface area contributed by atoms with Gasteiger partial charge in [-0.25, -0.2) is 0 Å². The van der Waals surface area contributed by atoms with Gasteiger partial charge in [0, 0.05) is 13.0 Å². The van der Waals surface area contributed by atoms with E-state index in [0.29, 0.717) is 12.3 Å². The maximum atomic E-state index is 12.8. The summed E-state index contributed by atoms with van der Waals surface area (Å²) >= 11 is 0. The molecule has 1 aliphatic rings. The third kappa shape index (κ3) is 5.35. The highest BCUT2D eigenvalue weighted by atomic mass is 16.5. The number of hydrogen-bond acceptors (Lipinski definition) is 3. The number of carbonyl (C=O) groups is 1. The summed E-state index contributed by atoms with van der Waals surface area (Å²) in [6.45, 7) is 11.4. The Morgan fingerprint density at radius 1 is 1.13 bits per heavy atom. The predicted octanol–water partition coefficient (Wildman–Crippen LogP) is 4.66. The summed E-state index contributed by atoms with van der Waals surface area (Å²) in [4.78, 5) is 15.2. The summed E-state index contributed by atoms with van der Waals surface area (Å²) in [5.41, 5.74) is 1.95. The predicted molar refractivity (Wildman–Crippen MR) is 95.5 cm³/mol. The van der Waals surface area contributed by atoms with Gasteiger partial charge in [-0.2, -0.15) is 0 Å². The van der Waals surface area contributed by atoms with E-state index in [1.807, 2.05) is 26.0 Å². The topological polar surface area (TPSA) is 29.5 Å². The molecule has 0 N–H and O–H groups in total. The number of ether oxygens (including phenoxy) is 1. The van der Waals surface area contributed by atoms with E-state index in [-0.39, 0.29) is 11.9 Å². The fourth-order valence-electron chi connectivity index (χ4n) is 3.06. The number of piperidine rings is 1. The molecule has 0 amide bonds. The van der Waals surface area contributed by atoms with Gasteiger partial charge >= 0.3 is 0 Å². The van der Waals surface area contributed by atoms with Gasteiger partial charge in [0.2, 0.25) is 0 Å². The van der Waals surface area contributed by atoms with E-state index in [4.69, 9.17) is 4.74 Å². The third-order valence-electron chi connectivity index (χ3n) is 4.44. The molecule has 3 nitrogen and oxygen atoms in total. The molecule has 0 saturated carbocycles. The highest BCUT2D eigenvalue weighted by Crippen LogP contribution is 2.26. The van der Waals surface area contributed by atoms with Crippen LogP contribution in [0.3, 0.4) is 0 Å². The number of likely N-dealkylation sites (tertiary alicyclic amines) is 1. The summed E-state index contributed by atoms with van der Waals surface area (Å²) < 4.78 is 5.86. The van der Waals surface area contributed by atoms with Crippen molar-refractivity contribution in [2.75, 3.05) is 19.6 Å². The van der Waals surface area contributed by atoms with Gasteiger partial charge in [-0.05, 0) is 63.4 Å². The first kappa shape index (κ1) is 18.0. The van der Waals surface area contributed by atoms with Crippen molar-refractivity contribution in [3.05, 3.63) is 29.3 Å². The van der Waals surface area contributed by atoms with Crippen LogP contribution in [0.1, 0.15) is 75.2 Å². The van der Waals surface area contributed by atoms with Gasteiger partial charge in [0.05, 0.1) is 11.7 Å². The van der Waals surface area contributed by atoms with Crippen LogP contribution in [-0.2, 0) is 0 Å². The second-order valence-electron chi connectivity index (χ2n) is 7.15. The molecule has 1 aromatic carbocycles. The summed E-state index contributed by atoms with van der Waals surface area (Å²) in [5.74, 6) is 1.35. The monoisotopic (exact) mass is 317 g/mol. The third-order valence-corrected chi connectivity index (χ3v) is 4.44. The Hall–Kier alpha value is -1.35. The highest BCUT2D eigenvalue weighted by Gasteiger charge is 2.18. The van der Waals surface area contributed by atoms with E-state index < -0.39 is 0 Å². The first-order chi connectivity index (χ1) is 11.0. The van der Waals surface area contributed by atoms with Crippen molar-refractivity contribution in [2.24, 2.45) is 0 Å². The average molecular weight is 317 g/mol. The largest absolute Gasteiger partial charge is 0.490 e. The summed E-state index contributed by atoms with van der Waals surface area (Å²) in [5, 5.41) is 0. The Morgan fingerprint density at radius 2 is 1.83 bits per heavy atom. The van der Waals surface area contributed by atoms with Crippen LogP contribution in [-0.4, -0.2) is 36.4 Å². The standard InChI is InChI=1S/C20H31NO2/c1-15(2)17-8-9-20(23-16(3)4)18(14-17)19(22)10-13-21-11-6-5-7-12-21/h8-9,14-16H,5-7,10-13H2,1-4H3. The van der Waals surface area contributed by atoms with Gasteiger partial charge in [0.1, 0.15) is 5.75 Å². The second-order valence-corrected chi connectivity index (χ2v) is 7.15. The van der Waals surface area contributed by atoms with Gasteiger partial charge < -0.3 is 9.64 Å². The Kier molecular flexibility index (Phi) is 6.64. The van der Waals surface area contributed by atoms with Gasteiger partial charge in [0.15, 0.2) is 5.78 Å². The highest BCUT2D eigenvalue weighted by molar-refractivity contribution is 5.99. The molecule has 0 unspecified atom stereocenters. The summed E-state index contributed by atoms with van der Waals surface area (Å²) in [7, 11) is 0. The van der Waals surface area contributed by atoms with Crippen LogP contribution in [0.15, 0.2) is 18.2 Å². The number of rotatable bonds is 7. The SMILES string of the molecule is CC(C)Oc1ccc(C(C)C)cc1C(=O)CCN1CCCCC1. The van der Waals surface area contributed by atoms with Crippen LogP contribution in [0.2, 0.25) is 0 Å². The van der Waals surface area contributed by atoms with Crippen LogP contribution in [0.5, 0.6) is 5.75 Å². The first-order valence-corrected chi connectivity index (χ1v) is 9.03. The zero-order valence-electron chi connectivity index (χ0n) is 15.1. The molecule has 0 aromatic heterocycles. The van der Waals surface area contributed by atoms with Crippen LogP contribution >= 0.6 is 0 Å². The van der Waals surface area contributed by atoms with Crippen molar-refractivity contribution in [3.8, 4) is 5.75 Å². The molecular weight excluding hydrogens is 286 g/mol. The van der Waals surface area contributed by atoms with Crippen molar-refractivity contribution >= 4 is 5.78 Å². The first-order valence-electron chi connectivity index (χ1n) is 9.03. The minimum Gasteiger partial charge on any atom is -0.490 e. The molecule has 1 aliphatic heterocycles. The Labute approximate surface area is 141 Å². The molecule has 23 heavy (non-hydrogen) atoms. The van der Waals surface area contributed by atoms with Gasteiger partial charge in [-0.1, -0.05) is 26.3 Å². The number of nitrogens with zero attached hydrogens (tertiary/aromatic N) is 1. The van der Waals surface area contributed by atoms with E-state index >= 15 is 0 Å². The molecular formula is C20H31NO2. The van der Waals surface area contributed by atoms with E-state index in [9.17, 15) is 4.79 Å². The van der Waals surface area contributed by atoms with Crippen LogP contribution in [0.4, 0.5) is 0 Å². The van der Waals surface area contributed by atoms with Gasteiger partial charge in [-0.15, -0.1) is 0 Å². The van der Waals surface area contributed by atoms with Crippen LogP contribution in [0, 0.1) is 0 Å². The molecule has 128 valence electrons. The Balaban J connectivity index is 2.10. The van der Waals surface area contributed by atoms with E-state index in [0.717, 1.165) is 30.9 Å². The smallest absolute Gasteiger partial charge is 0.167 e. The molecule has 0 aliphatic carbocycles. The summed E-state index contributed by atoms with van der Waals surface area (Å²) in [6.07, 6.45) is 4.51. The molecule has 0 bridgehead atoms. The molecule has 1 saturated heterocycles. The Bertz CT molecular complexity index is 516. The number of hydrogen-bond donors (Lipinski definition) is 0. The molecule has 0 spiro atoms. The van der Waals surface area contributed by atoms with Crippen molar-refractivity contribution < 1.29 is 9.53 Å². The lowest BCUT2D eigenvalue weighted by Gasteiger charge is -2.26. The minimum atomic E-state index is 0.0774. The second kappa shape index (κ2) is 8.49. The minimum absolute atomic E-state index is 0.0774. The zero-order chi connectivity index (χ0) is 16.8. The van der Waals surface area contributed by atoms with Crippen LogP contribution in [0.25, 0.3) is 0 Å². The normalized spacial score (nSPS) is 16.1. The molecule has 1 heterocycles. The molecule has 1 aromatic rings. The zero-order valence-corrected chi connectivity index (χ0v) is 15.1. The molecule has 0 radical (unpaired) electrons. The molecule has 3 heteroatoms. The van der Waals surface area contributed by atoms with Gasteiger partial charge in [0.25, 0.3) is 0 Å². The maximum absolute atomic E-state index is 12.8. The number of ketones is 1. The van der Waals surface area contributed by atoms with E-state index in [1.54, 1.807) is 0 Å².